The molecule has 19 heavy (non-hydrogen) atoms. The van der Waals surface area contributed by atoms with Crippen LogP contribution in [0.5, 0.6) is 0 Å². The Labute approximate surface area is 111 Å². The summed E-state index contributed by atoms with van der Waals surface area (Å²) in [5.41, 5.74) is 2.24. The predicted molar refractivity (Wildman–Crippen MR) is 73.4 cm³/mol. The van der Waals surface area contributed by atoms with E-state index >= 15 is 0 Å². The Bertz CT molecular complexity index is 688. The number of carbonyl (C=O) groups is 1. The lowest BCUT2D eigenvalue weighted by Crippen LogP contribution is -2.03. The zero-order valence-electron chi connectivity index (χ0n) is 10.2. The zero-order chi connectivity index (χ0) is 13.1. The van der Waals surface area contributed by atoms with E-state index in [1.54, 1.807) is 10.9 Å². The molecule has 0 amide bonds. The maximum Gasteiger partial charge on any atom is 0.193 e. The molecule has 1 heterocycles. The predicted octanol–water partition coefficient (Wildman–Crippen LogP) is 3.10. The molecule has 3 heteroatoms. The fourth-order valence-corrected chi connectivity index (χ4v) is 1.97. The summed E-state index contributed by atoms with van der Waals surface area (Å²) in [7, 11) is 0. The number of ketones is 1. The van der Waals surface area contributed by atoms with Gasteiger partial charge in [0.1, 0.15) is 0 Å². The second-order valence-corrected chi connectivity index (χ2v) is 4.20. The maximum atomic E-state index is 12.3. The SMILES string of the molecule is O=C(c1ccccc1)c1cccc(-n2cccn2)c1. The molecule has 0 aliphatic rings. The minimum Gasteiger partial charge on any atom is -0.289 e. The van der Waals surface area contributed by atoms with Crippen molar-refractivity contribution in [3.8, 4) is 5.69 Å². The van der Waals surface area contributed by atoms with Crippen LogP contribution in [0.1, 0.15) is 15.9 Å². The van der Waals surface area contributed by atoms with Crippen molar-refractivity contribution in [1.82, 2.24) is 9.78 Å². The van der Waals surface area contributed by atoms with Crippen molar-refractivity contribution in [1.29, 1.82) is 0 Å². The van der Waals surface area contributed by atoms with E-state index in [0.29, 0.717) is 11.1 Å². The fraction of sp³-hybridized carbons (Fsp3) is 0. The van der Waals surface area contributed by atoms with Gasteiger partial charge in [-0.3, -0.25) is 4.79 Å². The highest BCUT2D eigenvalue weighted by Gasteiger charge is 2.09. The monoisotopic (exact) mass is 248 g/mol. The zero-order valence-corrected chi connectivity index (χ0v) is 10.2. The summed E-state index contributed by atoms with van der Waals surface area (Å²) in [6.07, 6.45) is 3.57. The molecule has 0 fully saturated rings. The molecule has 2 aromatic carbocycles. The first-order valence-electron chi connectivity index (χ1n) is 6.04. The van der Waals surface area contributed by atoms with Crippen LogP contribution in [-0.2, 0) is 0 Å². The van der Waals surface area contributed by atoms with Crippen LogP contribution >= 0.6 is 0 Å². The molecule has 0 saturated carbocycles. The van der Waals surface area contributed by atoms with Gasteiger partial charge in [0.2, 0.25) is 0 Å². The Hall–Kier alpha value is -2.68. The third-order valence-corrected chi connectivity index (χ3v) is 2.91. The summed E-state index contributed by atoms with van der Waals surface area (Å²) in [6.45, 7) is 0. The summed E-state index contributed by atoms with van der Waals surface area (Å²) < 4.78 is 1.74. The van der Waals surface area contributed by atoms with Gasteiger partial charge >= 0.3 is 0 Å². The van der Waals surface area contributed by atoms with Crippen LogP contribution in [0.4, 0.5) is 0 Å². The van der Waals surface area contributed by atoms with E-state index in [-0.39, 0.29) is 5.78 Å². The third-order valence-electron chi connectivity index (χ3n) is 2.91. The van der Waals surface area contributed by atoms with Crippen LogP contribution in [0, 0.1) is 0 Å². The number of carbonyl (C=O) groups excluding carboxylic acids is 1. The van der Waals surface area contributed by atoms with E-state index in [1.807, 2.05) is 66.9 Å². The van der Waals surface area contributed by atoms with Crippen LogP contribution < -0.4 is 0 Å². The Morgan fingerprint density at radius 2 is 1.68 bits per heavy atom. The summed E-state index contributed by atoms with van der Waals surface area (Å²) in [5.74, 6) is 0.0228. The third kappa shape index (κ3) is 2.31. The van der Waals surface area contributed by atoms with Crippen molar-refractivity contribution in [3.63, 3.8) is 0 Å². The molecule has 3 rings (SSSR count). The van der Waals surface area contributed by atoms with Crippen LogP contribution in [-0.4, -0.2) is 15.6 Å². The van der Waals surface area contributed by atoms with Gasteiger partial charge in [-0.2, -0.15) is 5.10 Å². The topological polar surface area (TPSA) is 34.9 Å². The second-order valence-electron chi connectivity index (χ2n) is 4.20. The highest BCUT2D eigenvalue weighted by molar-refractivity contribution is 6.09. The Morgan fingerprint density at radius 3 is 2.42 bits per heavy atom. The van der Waals surface area contributed by atoms with Crippen molar-refractivity contribution in [2.24, 2.45) is 0 Å². The average molecular weight is 248 g/mol. The normalized spacial score (nSPS) is 10.3. The highest BCUT2D eigenvalue weighted by atomic mass is 16.1. The molecule has 0 spiro atoms. The quantitative estimate of drug-likeness (QED) is 0.667. The van der Waals surface area contributed by atoms with E-state index < -0.39 is 0 Å². The summed E-state index contributed by atoms with van der Waals surface area (Å²) in [5, 5.41) is 4.17. The first kappa shape index (κ1) is 11.4. The molecule has 0 atom stereocenters. The van der Waals surface area contributed by atoms with Crippen LogP contribution in [0.2, 0.25) is 0 Å². The lowest BCUT2D eigenvalue weighted by molar-refractivity contribution is 0.103. The minimum absolute atomic E-state index is 0.0228. The molecule has 0 aliphatic carbocycles. The second kappa shape index (κ2) is 4.90. The molecule has 92 valence electrons. The van der Waals surface area contributed by atoms with Gasteiger partial charge in [-0.25, -0.2) is 4.68 Å². The Morgan fingerprint density at radius 1 is 0.895 bits per heavy atom. The Balaban J connectivity index is 1.98. The average Bonchev–Trinajstić information content (AvgIpc) is 3.02. The van der Waals surface area contributed by atoms with Crippen molar-refractivity contribution < 1.29 is 4.79 Å². The highest BCUT2D eigenvalue weighted by Crippen LogP contribution is 2.14. The van der Waals surface area contributed by atoms with Crippen LogP contribution in [0.25, 0.3) is 5.69 Å². The maximum absolute atomic E-state index is 12.3. The number of hydrogen-bond donors (Lipinski definition) is 0. The van der Waals surface area contributed by atoms with Crippen LogP contribution in [0.15, 0.2) is 73.1 Å². The summed E-state index contributed by atoms with van der Waals surface area (Å²) >= 11 is 0. The molecule has 3 nitrogen and oxygen atoms in total. The molecule has 0 aliphatic heterocycles. The van der Waals surface area contributed by atoms with Crippen molar-refractivity contribution in [2.75, 3.05) is 0 Å². The molecule has 0 N–H and O–H groups in total. The number of aromatic nitrogens is 2. The van der Waals surface area contributed by atoms with Gasteiger partial charge in [0.05, 0.1) is 5.69 Å². The first-order valence-corrected chi connectivity index (χ1v) is 6.04. The lowest BCUT2D eigenvalue weighted by Gasteiger charge is -2.05. The standard InChI is InChI=1S/C16H12N2O/c19-16(13-6-2-1-3-7-13)14-8-4-9-15(12-14)18-11-5-10-17-18/h1-12H. The van der Waals surface area contributed by atoms with Crippen molar-refractivity contribution >= 4 is 5.78 Å². The molecular formula is C16H12N2O. The van der Waals surface area contributed by atoms with Crippen molar-refractivity contribution in [3.05, 3.63) is 84.2 Å². The molecule has 3 aromatic rings. The van der Waals surface area contributed by atoms with Gasteiger partial charge in [-0.15, -0.1) is 0 Å². The lowest BCUT2D eigenvalue weighted by atomic mass is 10.0. The Kier molecular flexibility index (Phi) is 2.94. The van der Waals surface area contributed by atoms with E-state index in [0.717, 1.165) is 5.69 Å². The minimum atomic E-state index is 0.0228. The fourth-order valence-electron chi connectivity index (χ4n) is 1.97. The number of hydrogen-bond acceptors (Lipinski definition) is 2. The smallest absolute Gasteiger partial charge is 0.193 e. The molecule has 0 saturated heterocycles. The summed E-state index contributed by atoms with van der Waals surface area (Å²) in [6, 6.07) is 18.6. The van der Waals surface area contributed by atoms with Gasteiger partial charge in [0, 0.05) is 23.5 Å². The summed E-state index contributed by atoms with van der Waals surface area (Å²) in [4.78, 5) is 12.3. The van der Waals surface area contributed by atoms with Crippen molar-refractivity contribution in [2.45, 2.75) is 0 Å². The number of benzene rings is 2. The van der Waals surface area contributed by atoms with E-state index in [2.05, 4.69) is 5.10 Å². The molecular weight excluding hydrogens is 236 g/mol. The van der Waals surface area contributed by atoms with Gasteiger partial charge in [0.25, 0.3) is 0 Å². The molecule has 1 aromatic heterocycles. The molecule has 0 radical (unpaired) electrons. The van der Waals surface area contributed by atoms with Crippen LogP contribution in [0.3, 0.4) is 0 Å². The first-order chi connectivity index (χ1) is 9.34. The number of rotatable bonds is 3. The van der Waals surface area contributed by atoms with Gasteiger partial charge in [-0.1, -0.05) is 42.5 Å². The van der Waals surface area contributed by atoms with E-state index in [1.165, 1.54) is 0 Å². The van der Waals surface area contributed by atoms with Gasteiger partial charge < -0.3 is 0 Å². The van der Waals surface area contributed by atoms with E-state index in [9.17, 15) is 4.79 Å². The largest absolute Gasteiger partial charge is 0.289 e. The van der Waals surface area contributed by atoms with Gasteiger partial charge in [0.15, 0.2) is 5.78 Å². The molecule has 0 bridgehead atoms. The van der Waals surface area contributed by atoms with Gasteiger partial charge in [-0.05, 0) is 18.2 Å². The van der Waals surface area contributed by atoms with E-state index in [4.69, 9.17) is 0 Å². The molecule has 0 unspecified atom stereocenters. The number of nitrogens with zero attached hydrogens (tertiary/aromatic N) is 2.